The number of nitrogens with zero attached hydrogens (tertiary/aromatic N) is 2. The molecule has 0 bridgehead atoms. The largest absolute Gasteiger partial charge is 0.375 e. The summed E-state index contributed by atoms with van der Waals surface area (Å²) >= 11 is 3.53. The molecule has 0 aliphatic carbocycles. The summed E-state index contributed by atoms with van der Waals surface area (Å²) in [6, 6.07) is 5.10. The Kier molecular flexibility index (Phi) is 4.84. The van der Waals surface area contributed by atoms with Crippen molar-refractivity contribution < 1.29 is 0 Å². The first-order valence-electron chi connectivity index (χ1n) is 6.23. The number of rotatable bonds is 3. The molecule has 2 N–H and O–H groups in total. The minimum absolute atomic E-state index is 0. The van der Waals surface area contributed by atoms with Crippen LogP contribution in [0, 0.1) is 6.92 Å². The third-order valence-corrected chi connectivity index (χ3v) is 5.30. The zero-order valence-electron chi connectivity index (χ0n) is 10.8. The number of aromatic nitrogens is 1. The summed E-state index contributed by atoms with van der Waals surface area (Å²) in [5.74, 6) is 0. The number of thiazole rings is 1. The highest BCUT2D eigenvalue weighted by molar-refractivity contribution is 7.15. The van der Waals surface area contributed by atoms with Crippen molar-refractivity contribution in [3.63, 3.8) is 0 Å². The van der Waals surface area contributed by atoms with Crippen molar-refractivity contribution in [2.45, 2.75) is 32.4 Å². The van der Waals surface area contributed by atoms with E-state index in [1.54, 1.807) is 11.3 Å². The summed E-state index contributed by atoms with van der Waals surface area (Å²) in [7, 11) is 0. The lowest BCUT2D eigenvalue weighted by Gasteiger charge is -2.22. The van der Waals surface area contributed by atoms with Crippen LogP contribution in [0.15, 0.2) is 18.3 Å². The minimum atomic E-state index is 0. The van der Waals surface area contributed by atoms with Gasteiger partial charge in [0.25, 0.3) is 0 Å². The molecule has 1 saturated heterocycles. The van der Waals surface area contributed by atoms with Crippen molar-refractivity contribution in [1.29, 1.82) is 0 Å². The SMILES string of the molecule is Cc1ccc(C2CCCN2Cc2cnc(N)s2)s1.Cl. The number of hydrogen-bond acceptors (Lipinski definition) is 5. The molecule has 0 aromatic carbocycles. The second-order valence-electron chi connectivity index (χ2n) is 4.74. The monoisotopic (exact) mass is 315 g/mol. The van der Waals surface area contributed by atoms with E-state index in [9.17, 15) is 0 Å². The molecular weight excluding hydrogens is 298 g/mol. The second kappa shape index (κ2) is 6.22. The third-order valence-electron chi connectivity index (χ3n) is 3.38. The molecule has 0 saturated carbocycles. The lowest BCUT2D eigenvalue weighted by molar-refractivity contribution is 0.254. The fourth-order valence-corrected chi connectivity index (χ4v) is 4.32. The Labute approximate surface area is 127 Å². The molecule has 1 unspecified atom stereocenters. The van der Waals surface area contributed by atoms with Crippen LogP contribution >= 0.6 is 35.1 Å². The van der Waals surface area contributed by atoms with Crippen LogP contribution in [0.2, 0.25) is 0 Å². The predicted molar refractivity (Wildman–Crippen MR) is 85.2 cm³/mol. The number of likely N-dealkylation sites (tertiary alicyclic amines) is 1. The van der Waals surface area contributed by atoms with Gasteiger partial charge in [-0.15, -0.1) is 35.1 Å². The lowest BCUT2D eigenvalue weighted by Crippen LogP contribution is -2.21. The van der Waals surface area contributed by atoms with Crippen molar-refractivity contribution in [3.8, 4) is 0 Å². The molecule has 1 aliphatic heterocycles. The molecule has 3 heterocycles. The van der Waals surface area contributed by atoms with E-state index in [2.05, 4.69) is 28.9 Å². The van der Waals surface area contributed by atoms with Gasteiger partial charge >= 0.3 is 0 Å². The van der Waals surface area contributed by atoms with Gasteiger partial charge in [0.2, 0.25) is 0 Å². The maximum absolute atomic E-state index is 5.69. The topological polar surface area (TPSA) is 42.2 Å². The first kappa shape index (κ1) is 14.8. The van der Waals surface area contributed by atoms with E-state index in [0.717, 1.165) is 6.54 Å². The Morgan fingerprint density at radius 1 is 1.42 bits per heavy atom. The molecule has 104 valence electrons. The second-order valence-corrected chi connectivity index (χ2v) is 7.21. The summed E-state index contributed by atoms with van der Waals surface area (Å²) in [6.45, 7) is 4.34. The first-order chi connectivity index (χ1) is 8.72. The van der Waals surface area contributed by atoms with E-state index < -0.39 is 0 Å². The van der Waals surface area contributed by atoms with Crippen molar-refractivity contribution in [3.05, 3.63) is 33.0 Å². The van der Waals surface area contributed by atoms with Gasteiger partial charge in [-0.05, 0) is 38.4 Å². The van der Waals surface area contributed by atoms with Gasteiger partial charge in [-0.3, -0.25) is 4.90 Å². The Bertz CT molecular complexity index is 537. The molecule has 3 nitrogen and oxygen atoms in total. The summed E-state index contributed by atoms with van der Waals surface area (Å²) < 4.78 is 0. The molecule has 0 radical (unpaired) electrons. The number of aryl methyl sites for hydroxylation is 1. The van der Waals surface area contributed by atoms with E-state index in [1.165, 1.54) is 34.0 Å². The lowest BCUT2D eigenvalue weighted by atomic mass is 10.2. The van der Waals surface area contributed by atoms with Crippen LogP contribution in [-0.4, -0.2) is 16.4 Å². The quantitative estimate of drug-likeness (QED) is 0.935. The normalized spacial score (nSPS) is 19.5. The van der Waals surface area contributed by atoms with Crippen molar-refractivity contribution in [2.24, 2.45) is 0 Å². The molecule has 3 rings (SSSR count). The van der Waals surface area contributed by atoms with Crippen LogP contribution in [0.3, 0.4) is 0 Å². The number of hydrogen-bond donors (Lipinski definition) is 1. The summed E-state index contributed by atoms with van der Waals surface area (Å²) in [4.78, 5) is 10.9. The Balaban J connectivity index is 0.00000133. The summed E-state index contributed by atoms with van der Waals surface area (Å²) in [6.07, 6.45) is 4.47. The first-order valence-corrected chi connectivity index (χ1v) is 7.86. The number of nitrogen functional groups attached to an aromatic ring is 1. The molecular formula is C13H18ClN3S2. The third kappa shape index (κ3) is 3.28. The number of halogens is 1. The molecule has 6 heteroatoms. The van der Waals surface area contributed by atoms with E-state index in [4.69, 9.17) is 5.73 Å². The maximum atomic E-state index is 5.69. The van der Waals surface area contributed by atoms with Gasteiger partial charge in [-0.1, -0.05) is 0 Å². The zero-order valence-corrected chi connectivity index (χ0v) is 13.3. The number of anilines is 1. The smallest absolute Gasteiger partial charge is 0.180 e. The zero-order chi connectivity index (χ0) is 12.5. The van der Waals surface area contributed by atoms with Gasteiger partial charge in [-0.25, -0.2) is 4.98 Å². The molecule has 1 aliphatic rings. The number of nitrogens with two attached hydrogens (primary N) is 1. The van der Waals surface area contributed by atoms with E-state index in [-0.39, 0.29) is 12.4 Å². The van der Waals surface area contributed by atoms with Crippen molar-refractivity contribution in [1.82, 2.24) is 9.88 Å². The number of thiophene rings is 1. The van der Waals surface area contributed by atoms with Gasteiger partial charge in [0.15, 0.2) is 5.13 Å². The fraction of sp³-hybridized carbons (Fsp3) is 0.462. The molecule has 0 spiro atoms. The predicted octanol–water partition coefficient (Wildman–Crippen LogP) is 3.85. The van der Waals surface area contributed by atoms with E-state index >= 15 is 0 Å². The van der Waals surface area contributed by atoms with Gasteiger partial charge in [0.05, 0.1) is 0 Å². The van der Waals surface area contributed by atoms with Crippen LogP contribution in [0.4, 0.5) is 5.13 Å². The highest BCUT2D eigenvalue weighted by Gasteiger charge is 2.27. The van der Waals surface area contributed by atoms with Gasteiger partial charge in [0, 0.05) is 33.4 Å². The summed E-state index contributed by atoms with van der Waals surface area (Å²) in [5, 5.41) is 0.674. The van der Waals surface area contributed by atoms with Gasteiger partial charge in [0.1, 0.15) is 0 Å². The molecule has 19 heavy (non-hydrogen) atoms. The van der Waals surface area contributed by atoms with Crippen molar-refractivity contribution in [2.75, 3.05) is 12.3 Å². The molecule has 1 atom stereocenters. The standard InChI is InChI=1S/C13H17N3S2.ClH/c1-9-4-5-12(17-9)11-3-2-6-16(11)8-10-7-15-13(14)18-10;/h4-5,7,11H,2-3,6,8H2,1H3,(H2,14,15);1H. The average Bonchev–Trinajstić information content (AvgIpc) is 3.01. The Morgan fingerprint density at radius 2 is 2.26 bits per heavy atom. The maximum Gasteiger partial charge on any atom is 0.180 e. The van der Waals surface area contributed by atoms with Crippen LogP contribution in [0.5, 0.6) is 0 Å². The summed E-state index contributed by atoms with van der Waals surface area (Å²) in [5.41, 5.74) is 5.69. The van der Waals surface area contributed by atoms with E-state index in [1.807, 2.05) is 17.5 Å². The average molecular weight is 316 g/mol. The van der Waals surface area contributed by atoms with Crippen LogP contribution in [-0.2, 0) is 6.54 Å². The minimum Gasteiger partial charge on any atom is -0.375 e. The highest BCUT2D eigenvalue weighted by Crippen LogP contribution is 2.37. The molecule has 2 aromatic rings. The molecule has 1 fully saturated rings. The fourth-order valence-electron chi connectivity index (χ4n) is 2.57. The van der Waals surface area contributed by atoms with Crippen LogP contribution < -0.4 is 5.73 Å². The molecule has 2 aromatic heterocycles. The van der Waals surface area contributed by atoms with Gasteiger partial charge < -0.3 is 5.73 Å². The Morgan fingerprint density at radius 3 is 2.89 bits per heavy atom. The van der Waals surface area contributed by atoms with Crippen molar-refractivity contribution >= 4 is 40.2 Å². The van der Waals surface area contributed by atoms with Gasteiger partial charge in [-0.2, -0.15) is 0 Å². The highest BCUT2D eigenvalue weighted by atomic mass is 35.5. The Hall–Kier alpha value is -0.620. The molecule has 0 amide bonds. The van der Waals surface area contributed by atoms with Crippen LogP contribution in [0.1, 0.15) is 33.5 Å². The van der Waals surface area contributed by atoms with E-state index in [0.29, 0.717) is 11.2 Å². The van der Waals surface area contributed by atoms with Crippen LogP contribution in [0.25, 0.3) is 0 Å².